The molecule has 0 atom stereocenters. The number of aliphatic hydroxyl groups is 1. The molecular formula is C9H13N3O4. The number of aliphatic hydroxyl groups excluding tert-OH is 1. The van der Waals surface area contributed by atoms with Crippen LogP contribution in [0.4, 0.5) is 0 Å². The van der Waals surface area contributed by atoms with Crippen LogP contribution in [0, 0.1) is 0 Å². The first-order chi connectivity index (χ1) is 7.54. The summed E-state index contributed by atoms with van der Waals surface area (Å²) in [7, 11) is 1.50. The van der Waals surface area contributed by atoms with Crippen molar-refractivity contribution in [3.8, 4) is 0 Å². The minimum atomic E-state index is -0.453. The van der Waals surface area contributed by atoms with E-state index >= 15 is 0 Å². The number of amides is 1. The third-order valence-electron chi connectivity index (χ3n) is 2.04. The summed E-state index contributed by atoms with van der Waals surface area (Å²) < 4.78 is 0.929. The predicted octanol–water partition coefficient (Wildman–Crippen LogP) is -2.01. The van der Waals surface area contributed by atoms with Crippen LogP contribution in [0.15, 0.2) is 21.7 Å². The number of hydrogen-bond acceptors (Lipinski definition) is 4. The van der Waals surface area contributed by atoms with Gasteiger partial charge in [0.05, 0.1) is 6.61 Å². The fourth-order valence-electron chi connectivity index (χ4n) is 1.11. The number of aromatic nitrogens is 2. The van der Waals surface area contributed by atoms with Gasteiger partial charge in [-0.05, 0) is 0 Å². The molecule has 0 unspecified atom stereocenters. The second-order valence-electron chi connectivity index (χ2n) is 3.27. The average Bonchev–Trinajstić information content (AvgIpc) is 2.23. The largest absolute Gasteiger partial charge is 0.395 e. The maximum atomic E-state index is 11.5. The summed E-state index contributed by atoms with van der Waals surface area (Å²) in [4.78, 5) is 35.0. The van der Waals surface area contributed by atoms with Crippen molar-refractivity contribution < 1.29 is 9.90 Å². The van der Waals surface area contributed by atoms with E-state index in [1.54, 1.807) is 0 Å². The van der Waals surface area contributed by atoms with Crippen LogP contribution in [0.1, 0.15) is 0 Å². The maximum absolute atomic E-state index is 11.5. The van der Waals surface area contributed by atoms with Crippen molar-refractivity contribution >= 4 is 5.91 Å². The lowest BCUT2D eigenvalue weighted by atomic mass is 10.4. The van der Waals surface area contributed by atoms with Crippen LogP contribution >= 0.6 is 0 Å². The number of aromatic amines is 1. The third kappa shape index (κ3) is 3.06. The van der Waals surface area contributed by atoms with Crippen LogP contribution in [0.3, 0.4) is 0 Å². The lowest BCUT2D eigenvalue weighted by molar-refractivity contribution is -0.131. The molecule has 1 heterocycles. The minimum Gasteiger partial charge on any atom is -0.395 e. The highest BCUT2D eigenvalue weighted by Crippen LogP contribution is 1.86. The number of nitrogens with one attached hydrogen (secondary N) is 1. The first-order valence-corrected chi connectivity index (χ1v) is 4.69. The van der Waals surface area contributed by atoms with Gasteiger partial charge in [0.2, 0.25) is 5.91 Å². The molecule has 0 saturated carbocycles. The first-order valence-electron chi connectivity index (χ1n) is 4.69. The molecule has 1 aromatic heterocycles. The molecule has 0 aliphatic rings. The zero-order valence-corrected chi connectivity index (χ0v) is 8.84. The smallest absolute Gasteiger partial charge is 0.265 e. The highest BCUT2D eigenvalue weighted by molar-refractivity contribution is 5.75. The number of H-pyrrole nitrogens is 1. The molecule has 0 aliphatic carbocycles. The van der Waals surface area contributed by atoms with Gasteiger partial charge in [-0.1, -0.05) is 0 Å². The molecule has 1 amide bonds. The van der Waals surface area contributed by atoms with Gasteiger partial charge in [0.25, 0.3) is 11.1 Å². The fraction of sp³-hybridized carbons (Fsp3) is 0.444. The van der Waals surface area contributed by atoms with Gasteiger partial charge in [-0.3, -0.25) is 19.5 Å². The second-order valence-corrected chi connectivity index (χ2v) is 3.27. The van der Waals surface area contributed by atoms with E-state index in [4.69, 9.17) is 5.11 Å². The Morgan fingerprint density at radius 1 is 1.50 bits per heavy atom. The lowest BCUT2D eigenvalue weighted by Gasteiger charge is -2.15. The van der Waals surface area contributed by atoms with Crippen LogP contribution in [-0.2, 0) is 11.3 Å². The van der Waals surface area contributed by atoms with E-state index in [9.17, 15) is 14.4 Å². The van der Waals surface area contributed by atoms with Crippen molar-refractivity contribution in [3.63, 3.8) is 0 Å². The molecule has 16 heavy (non-hydrogen) atoms. The molecule has 0 aromatic carbocycles. The SMILES string of the molecule is CN(CCO)C(=O)Cn1[nH]c(=O)ccc1=O. The van der Waals surface area contributed by atoms with Gasteiger partial charge >= 0.3 is 0 Å². The Bertz CT molecular complexity index is 476. The molecule has 0 spiro atoms. The number of rotatable bonds is 4. The van der Waals surface area contributed by atoms with Crippen LogP contribution in [0.25, 0.3) is 0 Å². The normalized spacial score (nSPS) is 10.1. The molecule has 88 valence electrons. The Hall–Kier alpha value is -1.89. The highest BCUT2D eigenvalue weighted by atomic mass is 16.3. The van der Waals surface area contributed by atoms with Gasteiger partial charge in [0, 0.05) is 25.7 Å². The summed E-state index contributed by atoms with van der Waals surface area (Å²) >= 11 is 0. The van der Waals surface area contributed by atoms with Crippen LogP contribution < -0.4 is 11.1 Å². The molecule has 0 bridgehead atoms. The van der Waals surface area contributed by atoms with Crippen molar-refractivity contribution in [1.29, 1.82) is 0 Å². The predicted molar refractivity (Wildman–Crippen MR) is 56.0 cm³/mol. The van der Waals surface area contributed by atoms with E-state index in [2.05, 4.69) is 5.10 Å². The van der Waals surface area contributed by atoms with Crippen molar-refractivity contribution in [2.45, 2.75) is 6.54 Å². The summed E-state index contributed by atoms with van der Waals surface area (Å²) in [6.07, 6.45) is 0. The van der Waals surface area contributed by atoms with Crippen LogP contribution in [0.5, 0.6) is 0 Å². The Kier molecular flexibility index (Phi) is 4.01. The van der Waals surface area contributed by atoms with Crippen molar-refractivity contribution in [1.82, 2.24) is 14.7 Å². The van der Waals surface area contributed by atoms with Gasteiger partial charge in [-0.2, -0.15) is 0 Å². The van der Waals surface area contributed by atoms with E-state index < -0.39 is 11.1 Å². The number of hydrogen-bond donors (Lipinski definition) is 2. The van der Waals surface area contributed by atoms with Gasteiger partial charge in [0.15, 0.2) is 0 Å². The summed E-state index contributed by atoms with van der Waals surface area (Å²) in [6, 6.07) is 2.19. The van der Waals surface area contributed by atoms with Crippen molar-refractivity contribution in [3.05, 3.63) is 32.8 Å². The van der Waals surface area contributed by atoms with E-state index in [0.29, 0.717) is 0 Å². The maximum Gasteiger partial charge on any atom is 0.265 e. The standard InChI is InChI=1S/C9H13N3O4/c1-11(4-5-13)9(16)6-12-8(15)3-2-7(14)10-12/h2-3,13H,4-6H2,1H3,(H,10,14). The Balaban J connectivity index is 2.80. The molecule has 7 nitrogen and oxygen atoms in total. The van der Waals surface area contributed by atoms with Crippen molar-refractivity contribution in [2.75, 3.05) is 20.2 Å². The Morgan fingerprint density at radius 2 is 2.19 bits per heavy atom. The number of nitrogens with zero attached hydrogens (tertiary/aromatic N) is 2. The number of carbonyl (C=O) groups excluding carboxylic acids is 1. The van der Waals surface area contributed by atoms with Gasteiger partial charge in [-0.15, -0.1) is 0 Å². The molecule has 1 aromatic rings. The number of likely N-dealkylation sites (N-methyl/N-ethyl adjacent to an activating group) is 1. The van der Waals surface area contributed by atoms with Crippen LogP contribution in [-0.4, -0.2) is 45.9 Å². The van der Waals surface area contributed by atoms with E-state index in [-0.39, 0.29) is 25.6 Å². The van der Waals surface area contributed by atoms with E-state index in [0.717, 1.165) is 16.8 Å². The van der Waals surface area contributed by atoms with Gasteiger partial charge in [-0.25, -0.2) is 4.68 Å². The second kappa shape index (κ2) is 5.26. The number of carbonyl (C=O) groups is 1. The third-order valence-corrected chi connectivity index (χ3v) is 2.04. The van der Waals surface area contributed by atoms with E-state index in [1.165, 1.54) is 11.9 Å². The highest BCUT2D eigenvalue weighted by Gasteiger charge is 2.09. The molecule has 0 radical (unpaired) electrons. The molecule has 7 heteroatoms. The summed E-state index contributed by atoms with van der Waals surface area (Å²) in [5, 5.41) is 10.9. The molecular weight excluding hydrogens is 214 g/mol. The molecule has 0 saturated heterocycles. The average molecular weight is 227 g/mol. The molecule has 2 N–H and O–H groups in total. The lowest BCUT2D eigenvalue weighted by Crippen LogP contribution is -2.37. The Labute approximate surface area is 90.9 Å². The summed E-state index contributed by atoms with van der Waals surface area (Å²) in [5.74, 6) is -0.363. The first kappa shape index (κ1) is 12.2. The summed E-state index contributed by atoms with van der Waals surface area (Å²) in [5.41, 5.74) is -0.900. The topological polar surface area (TPSA) is 95.4 Å². The van der Waals surface area contributed by atoms with Crippen LogP contribution in [0.2, 0.25) is 0 Å². The van der Waals surface area contributed by atoms with Crippen molar-refractivity contribution in [2.24, 2.45) is 0 Å². The Morgan fingerprint density at radius 3 is 2.81 bits per heavy atom. The molecule has 1 rings (SSSR count). The van der Waals surface area contributed by atoms with Gasteiger partial charge < -0.3 is 10.0 Å². The quantitative estimate of drug-likeness (QED) is 0.621. The fourth-order valence-corrected chi connectivity index (χ4v) is 1.11. The monoisotopic (exact) mass is 227 g/mol. The summed E-state index contributed by atoms with van der Waals surface area (Å²) in [6.45, 7) is -0.210. The van der Waals surface area contributed by atoms with E-state index in [1.807, 2.05) is 0 Å². The zero-order valence-electron chi connectivity index (χ0n) is 8.84. The minimum absolute atomic E-state index is 0.150. The van der Waals surface area contributed by atoms with Gasteiger partial charge in [0.1, 0.15) is 6.54 Å². The molecule has 0 fully saturated rings. The zero-order chi connectivity index (χ0) is 12.1. The molecule has 0 aliphatic heterocycles.